The average molecular weight is 220 g/mol. The molecule has 1 amide bonds. The van der Waals surface area contributed by atoms with E-state index in [1.165, 1.54) is 0 Å². The van der Waals surface area contributed by atoms with Crippen LogP contribution in [0, 0.1) is 0 Å². The van der Waals surface area contributed by atoms with E-state index in [1.807, 2.05) is 22.9 Å². The molecule has 0 aliphatic rings. The van der Waals surface area contributed by atoms with Crippen LogP contribution in [-0.4, -0.2) is 16.2 Å². The molecule has 0 radical (unpaired) electrons. The summed E-state index contributed by atoms with van der Waals surface area (Å²) in [6.07, 6.45) is 0.475. The van der Waals surface area contributed by atoms with Crippen LogP contribution in [0.15, 0.2) is 35.2 Å². The number of hydrogen-bond donors (Lipinski definition) is 2. The van der Waals surface area contributed by atoms with Crippen molar-refractivity contribution in [3.05, 3.63) is 35.2 Å². The molecule has 0 unspecified atom stereocenters. The summed E-state index contributed by atoms with van der Waals surface area (Å²) in [6.45, 7) is 0. The molecule has 0 saturated carbocycles. The zero-order valence-corrected chi connectivity index (χ0v) is 8.49. The van der Waals surface area contributed by atoms with Gasteiger partial charge in [-0.15, -0.1) is 0 Å². The molecule has 2 aromatic rings. The average Bonchev–Trinajstić information content (AvgIpc) is 2.69. The van der Waals surface area contributed by atoms with Gasteiger partial charge in [-0.25, -0.2) is 9.78 Å². The monoisotopic (exact) mass is 220 g/mol. The van der Waals surface area contributed by atoms with E-state index < -0.39 is 6.09 Å². The minimum absolute atomic E-state index is 0.339. The highest BCUT2D eigenvalue weighted by molar-refractivity contribution is 7.08. The van der Waals surface area contributed by atoms with Crippen LogP contribution in [-0.2, 0) is 0 Å². The van der Waals surface area contributed by atoms with Gasteiger partial charge in [-0.2, -0.15) is 11.3 Å². The SMILES string of the molecule is O=C(O)Nc1cc(-c2ccsc2)ccn1. The largest absolute Gasteiger partial charge is 0.465 e. The number of nitrogens with zero attached hydrogens (tertiary/aromatic N) is 1. The van der Waals surface area contributed by atoms with Gasteiger partial charge in [-0.3, -0.25) is 5.32 Å². The van der Waals surface area contributed by atoms with E-state index in [0.717, 1.165) is 11.1 Å². The van der Waals surface area contributed by atoms with E-state index in [1.54, 1.807) is 23.6 Å². The number of amides is 1. The predicted molar refractivity (Wildman–Crippen MR) is 59.2 cm³/mol. The second-order valence-corrected chi connectivity index (χ2v) is 3.65. The highest BCUT2D eigenvalue weighted by atomic mass is 32.1. The lowest BCUT2D eigenvalue weighted by atomic mass is 10.1. The van der Waals surface area contributed by atoms with Crippen molar-refractivity contribution in [3.63, 3.8) is 0 Å². The minimum Gasteiger partial charge on any atom is -0.465 e. The topological polar surface area (TPSA) is 62.2 Å². The Morgan fingerprint density at radius 3 is 2.93 bits per heavy atom. The van der Waals surface area contributed by atoms with Gasteiger partial charge >= 0.3 is 6.09 Å². The molecule has 0 aliphatic carbocycles. The summed E-state index contributed by atoms with van der Waals surface area (Å²) >= 11 is 1.60. The number of hydrogen-bond acceptors (Lipinski definition) is 3. The van der Waals surface area contributed by atoms with Gasteiger partial charge in [0.25, 0.3) is 0 Å². The molecule has 0 bridgehead atoms. The summed E-state index contributed by atoms with van der Waals surface area (Å²) in [5.41, 5.74) is 2.02. The van der Waals surface area contributed by atoms with Crippen molar-refractivity contribution in [1.82, 2.24) is 4.98 Å². The van der Waals surface area contributed by atoms with Gasteiger partial charge in [0.1, 0.15) is 5.82 Å². The summed E-state index contributed by atoms with van der Waals surface area (Å²) in [5.74, 6) is 0.339. The molecule has 76 valence electrons. The second-order valence-electron chi connectivity index (χ2n) is 2.87. The number of pyridine rings is 1. The molecule has 2 N–H and O–H groups in total. The van der Waals surface area contributed by atoms with E-state index in [9.17, 15) is 4.79 Å². The first-order valence-corrected chi connectivity index (χ1v) is 5.18. The van der Waals surface area contributed by atoms with Gasteiger partial charge in [0, 0.05) is 6.20 Å². The third-order valence-corrected chi connectivity index (χ3v) is 2.53. The summed E-state index contributed by atoms with van der Waals surface area (Å²) in [7, 11) is 0. The Labute approximate surface area is 90.2 Å². The fraction of sp³-hybridized carbons (Fsp3) is 0. The molecule has 15 heavy (non-hydrogen) atoms. The standard InChI is InChI=1S/C10H8N2O2S/c13-10(14)12-9-5-7(1-3-11-9)8-2-4-15-6-8/h1-6H,(H,11,12)(H,13,14). The third kappa shape index (κ3) is 2.32. The summed E-state index contributed by atoms with van der Waals surface area (Å²) in [5, 5.41) is 14.7. The highest BCUT2D eigenvalue weighted by Crippen LogP contribution is 2.23. The molecule has 2 heterocycles. The van der Waals surface area contributed by atoms with E-state index in [4.69, 9.17) is 5.11 Å². The fourth-order valence-corrected chi connectivity index (χ4v) is 1.88. The van der Waals surface area contributed by atoms with Gasteiger partial charge in [0.05, 0.1) is 0 Å². The number of carboxylic acid groups (broad SMARTS) is 1. The van der Waals surface area contributed by atoms with Crippen molar-refractivity contribution >= 4 is 23.2 Å². The lowest BCUT2D eigenvalue weighted by Crippen LogP contribution is -2.08. The molecule has 2 aromatic heterocycles. The van der Waals surface area contributed by atoms with Crippen LogP contribution in [0.25, 0.3) is 11.1 Å². The van der Waals surface area contributed by atoms with Gasteiger partial charge in [-0.1, -0.05) is 0 Å². The Bertz CT molecular complexity index is 468. The van der Waals surface area contributed by atoms with Crippen LogP contribution >= 0.6 is 11.3 Å². The zero-order valence-electron chi connectivity index (χ0n) is 7.68. The molecular formula is C10H8N2O2S. The molecular weight excluding hydrogens is 212 g/mol. The van der Waals surface area contributed by atoms with Crippen molar-refractivity contribution in [2.24, 2.45) is 0 Å². The van der Waals surface area contributed by atoms with Crippen LogP contribution < -0.4 is 5.32 Å². The maximum absolute atomic E-state index is 10.4. The molecule has 4 nitrogen and oxygen atoms in total. The van der Waals surface area contributed by atoms with Crippen LogP contribution in [0.2, 0.25) is 0 Å². The number of nitrogens with one attached hydrogen (secondary N) is 1. The number of rotatable bonds is 2. The molecule has 0 spiro atoms. The molecule has 5 heteroatoms. The van der Waals surface area contributed by atoms with Gasteiger partial charge in [0.2, 0.25) is 0 Å². The maximum Gasteiger partial charge on any atom is 0.410 e. The third-order valence-electron chi connectivity index (χ3n) is 1.85. The van der Waals surface area contributed by atoms with Crippen molar-refractivity contribution < 1.29 is 9.90 Å². The number of aromatic nitrogens is 1. The van der Waals surface area contributed by atoms with Gasteiger partial charge in [0.15, 0.2) is 0 Å². The smallest absolute Gasteiger partial charge is 0.410 e. The summed E-state index contributed by atoms with van der Waals surface area (Å²) in [6, 6.07) is 5.52. The molecule has 0 aromatic carbocycles. The Kier molecular flexibility index (Phi) is 2.64. The minimum atomic E-state index is -1.11. The van der Waals surface area contributed by atoms with Crippen LogP contribution in [0.4, 0.5) is 10.6 Å². The van der Waals surface area contributed by atoms with Crippen LogP contribution in [0.1, 0.15) is 0 Å². The Morgan fingerprint density at radius 1 is 1.40 bits per heavy atom. The van der Waals surface area contributed by atoms with Gasteiger partial charge < -0.3 is 5.11 Å². The molecule has 2 rings (SSSR count). The Hall–Kier alpha value is -1.88. The van der Waals surface area contributed by atoms with Crippen molar-refractivity contribution in [3.8, 4) is 11.1 Å². The first-order valence-electron chi connectivity index (χ1n) is 4.24. The number of anilines is 1. The highest BCUT2D eigenvalue weighted by Gasteiger charge is 2.02. The Morgan fingerprint density at radius 2 is 2.27 bits per heavy atom. The second kappa shape index (κ2) is 4.10. The fourth-order valence-electron chi connectivity index (χ4n) is 1.22. The van der Waals surface area contributed by atoms with E-state index in [2.05, 4.69) is 10.3 Å². The predicted octanol–water partition coefficient (Wildman–Crippen LogP) is 2.90. The molecule has 0 atom stereocenters. The zero-order chi connectivity index (χ0) is 10.7. The molecule has 0 fully saturated rings. The summed E-state index contributed by atoms with van der Waals surface area (Å²) in [4.78, 5) is 14.3. The van der Waals surface area contributed by atoms with Crippen LogP contribution in [0.5, 0.6) is 0 Å². The quantitative estimate of drug-likeness (QED) is 0.818. The van der Waals surface area contributed by atoms with Crippen LogP contribution in [0.3, 0.4) is 0 Å². The first-order chi connectivity index (χ1) is 7.25. The first kappa shape index (κ1) is 9.67. The van der Waals surface area contributed by atoms with Crippen molar-refractivity contribution in [2.45, 2.75) is 0 Å². The number of carbonyl (C=O) groups is 1. The van der Waals surface area contributed by atoms with E-state index in [0.29, 0.717) is 5.82 Å². The maximum atomic E-state index is 10.4. The van der Waals surface area contributed by atoms with E-state index in [-0.39, 0.29) is 0 Å². The van der Waals surface area contributed by atoms with Crippen molar-refractivity contribution in [2.75, 3.05) is 5.32 Å². The molecule has 0 saturated heterocycles. The lowest BCUT2D eigenvalue weighted by molar-refractivity contribution is 0.209. The normalized spacial score (nSPS) is 9.87. The molecule has 0 aliphatic heterocycles. The van der Waals surface area contributed by atoms with Crippen molar-refractivity contribution in [1.29, 1.82) is 0 Å². The lowest BCUT2D eigenvalue weighted by Gasteiger charge is -2.01. The number of thiophene rings is 1. The summed E-state index contributed by atoms with van der Waals surface area (Å²) < 4.78 is 0. The Balaban J connectivity index is 2.31. The van der Waals surface area contributed by atoms with Gasteiger partial charge in [-0.05, 0) is 40.1 Å². The van der Waals surface area contributed by atoms with E-state index >= 15 is 0 Å².